The van der Waals surface area contributed by atoms with Crippen LogP contribution < -0.4 is 10.2 Å². The number of aryl methyl sites for hydroxylation is 1. The number of hydrogen-bond acceptors (Lipinski definition) is 4. The van der Waals surface area contributed by atoms with Crippen LogP contribution >= 0.6 is 34.8 Å². The zero-order valence-corrected chi connectivity index (χ0v) is 23.7. The molecule has 0 radical (unpaired) electrons. The molecule has 0 aliphatic carbocycles. The third kappa shape index (κ3) is 6.87. The summed E-state index contributed by atoms with van der Waals surface area (Å²) >= 11 is 19.2. The lowest BCUT2D eigenvalue weighted by molar-refractivity contribution is -0.111. The molecule has 1 aliphatic heterocycles. The Bertz CT molecular complexity index is 1510. The van der Waals surface area contributed by atoms with Crippen molar-refractivity contribution in [1.29, 1.82) is 0 Å². The number of furan rings is 1. The number of amides is 1. The summed E-state index contributed by atoms with van der Waals surface area (Å²) in [5.74, 6) is 0.978. The van der Waals surface area contributed by atoms with Crippen LogP contribution in [-0.2, 0) is 11.3 Å². The van der Waals surface area contributed by atoms with E-state index in [0.717, 1.165) is 60.1 Å². The van der Waals surface area contributed by atoms with Crippen molar-refractivity contribution in [2.24, 2.45) is 0 Å². The molecule has 0 saturated carbocycles. The minimum Gasteiger partial charge on any atom is -0.457 e. The zero-order chi connectivity index (χ0) is 27.4. The van der Waals surface area contributed by atoms with Crippen molar-refractivity contribution in [2.45, 2.75) is 13.5 Å². The highest BCUT2D eigenvalue weighted by Gasteiger charge is 2.20. The Morgan fingerprint density at radius 2 is 1.69 bits per heavy atom. The summed E-state index contributed by atoms with van der Waals surface area (Å²) in [6.45, 7) is 6.33. The number of nitrogens with zero attached hydrogens (tertiary/aromatic N) is 2. The quantitative estimate of drug-likeness (QED) is 0.224. The highest BCUT2D eigenvalue weighted by molar-refractivity contribution is 6.33. The topological polar surface area (TPSA) is 48.7 Å². The summed E-state index contributed by atoms with van der Waals surface area (Å²) in [6, 6.07) is 23.0. The number of halogens is 3. The van der Waals surface area contributed by atoms with Crippen LogP contribution in [0.3, 0.4) is 0 Å². The molecule has 5 nitrogen and oxygen atoms in total. The van der Waals surface area contributed by atoms with Gasteiger partial charge in [0.1, 0.15) is 11.5 Å². The maximum absolute atomic E-state index is 12.5. The normalized spacial score (nSPS) is 14.2. The molecule has 0 unspecified atom stereocenters. The fraction of sp³-hybridized carbons (Fsp3) is 0.194. The van der Waals surface area contributed by atoms with E-state index in [2.05, 4.69) is 21.2 Å². The van der Waals surface area contributed by atoms with Crippen molar-refractivity contribution in [3.8, 4) is 11.3 Å². The molecule has 2 heterocycles. The Balaban J connectivity index is 1.15. The number of piperazine rings is 1. The number of nitrogens with one attached hydrogen (secondary N) is 1. The lowest BCUT2D eigenvalue weighted by atomic mass is 10.1. The summed E-state index contributed by atoms with van der Waals surface area (Å²) in [4.78, 5) is 17.2. The van der Waals surface area contributed by atoms with Gasteiger partial charge in [-0.25, -0.2) is 0 Å². The predicted molar refractivity (Wildman–Crippen MR) is 162 cm³/mol. The van der Waals surface area contributed by atoms with Gasteiger partial charge >= 0.3 is 0 Å². The largest absolute Gasteiger partial charge is 0.457 e. The van der Waals surface area contributed by atoms with E-state index in [1.165, 1.54) is 6.08 Å². The molecule has 1 fully saturated rings. The van der Waals surface area contributed by atoms with Crippen LogP contribution in [0, 0.1) is 6.92 Å². The summed E-state index contributed by atoms with van der Waals surface area (Å²) in [5.41, 5.74) is 4.62. The molecule has 8 heteroatoms. The van der Waals surface area contributed by atoms with Gasteiger partial charge in [-0.05, 0) is 66.6 Å². The van der Waals surface area contributed by atoms with Gasteiger partial charge in [0.15, 0.2) is 0 Å². The Kier molecular flexibility index (Phi) is 8.63. The highest BCUT2D eigenvalue weighted by atomic mass is 35.5. The van der Waals surface area contributed by atoms with Crippen molar-refractivity contribution in [3.05, 3.63) is 111 Å². The molecule has 1 aromatic heterocycles. The van der Waals surface area contributed by atoms with Crippen molar-refractivity contribution >= 4 is 58.2 Å². The first kappa shape index (κ1) is 27.4. The van der Waals surface area contributed by atoms with Gasteiger partial charge in [0, 0.05) is 60.1 Å². The SMILES string of the molecule is Cc1ccc(-c2ccc(C=CC(=O)Nc3ccc(N4CCN(Cc5ccccc5Cl)CC4)c(Cl)c3)o2)cc1Cl. The minimum atomic E-state index is -0.275. The molecule has 0 bridgehead atoms. The average molecular weight is 581 g/mol. The van der Waals surface area contributed by atoms with E-state index < -0.39 is 0 Å². The molecule has 200 valence electrons. The van der Waals surface area contributed by atoms with E-state index >= 15 is 0 Å². The van der Waals surface area contributed by atoms with E-state index in [9.17, 15) is 4.79 Å². The first-order valence-corrected chi connectivity index (χ1v) is 13.8. The van der Waals surface area contributed by atoms with Crippen molar-refractivity contribution in [3.63, 3.8) is 0 Å². The molecule has 4 aromatic rings. The van der Waals surface area contributed by atoms with Crippen LogP contribution in [0.5, 0.6) is 0 Å². The predicted octanol–water partition coefficient (Wildman–Crippen LogP) is 8.19. The second-order valence-corrected chi connectivity index (χ2v) is 10.7. The Morgan fingerprint density at radius 3 is 2.44 bits per heavy atom. The van der Waals surface area contributed by atoms with Gasteiger partial charge in [-0.1, -0.05) is 65.1 Å². The molecule has 3 aromatic carbocycles. The first-order chi connectivity index (χ1) is 18.9. The Labute approximate surface area is 243 Å². The van der Waals surface area contributed by atoms with Gasteiger partial charge in [0.25, 0.3) is 0 Å². The van der Waals surface area contributed by atoms with E-state index in [-0.39, 0.29) is 5.91 Å². The summed E-state index contributed by atoms with van der Waals surface area (Å²) < 4.78 is 5.85. The standard InChI is InChI=1S/C31H28Cl3N3O2/c1-21-6-7-22(18-27(21)33)30-12-9-25(39-30)10-13-31(38)35-24-8-11-29(28(34)19-24)37-16-14-36(15-17-37)20-23-4-2-3-5-26(23)32/h2-13,18-19H,14-17,20H2,1H3,(H,35,38). The van der Waals surface area contributed by atoms with E-state index in [4.69, 9.17) is 39.2 Å². The second-order valence-electron chi connectivity index (χ2n) is 9.51. The van der Waals surface area contributed by atoms with E-state index in [1.54, 1.807) is 12.1 Å². The molecule has 0 spiro atoms. The number of rotatable bonds is 7. The summed E-state index contributed by atoms with van der Waals surface area (Å²) in [7, 11) is 0. The number of carbonyl (C=O) groups excluding carboxylic acids is 1. The third-order valence-electron chi connectivity index (χ3n) is 6.76. The first-order valence-electron chi connectivity index (χ1n) is 12.7. The van der Waals surface area contributed by atoms with Gasteiger partial charge in [-0.2, -0.15) is 0 Å². The van der Waals surface area contributed by atoms with Crippen LogP contribution in [0.1, 0.15) is 16.9 Å². The smallest absolute Gasteiger partial charge is 0.248 e. The molecule has 1 saturated heterocycles. The maximum Gasteiger partial charge on any atom is 0.248 e. The van der Waals surface area contributed by atoms with Crippen molar-refractivity contribution in [1.82, 2.24) is 4.90 Å². The number of carbonyl (C=O) groups is 1. The molecule has 1 N–H and O–H groups in total. The van der Waals surface area contributed by atoms with Crippen LogP contribution in [-0.4, -0.2) is 37.0 Å². The molecular formula is C31H28Cl3N3O2. The van der Waals surface area contributed by atoms with Crippen LogP contribution in [0.4, 0.5) is 11.4 Å². The number of hydrogen-bond donors (Lipinski definition) is 1. The zero-order valence-electron chi connectivity index (χ0n) is 21.5. The lowest BCUT2D eigenvalue weighted by Crippen LogP contribution is -2.46. The highest BCUT2D eigenvalue weighted by Crippen LogP contribution is 2.31. The summed E-state index contributed by atoms with van der Waals surface area (Å²) in [5, 5.41) is 4.95. The third-order valence-corrected chi connectivity index (χ3v) is 7.84. The van der Waals surface area contributed by atoms with E-state index in [1.807, 2.05) is 67.6 Å². The summed E-state index contributed by atoms with van der Waals surface area (Å²) in [6.07, 6.45) is 3.07. The van der Waals surface area contributed by atoms with Gasteiger partial charge in [-0.3, -0.25) is 9.69 Å². The van der Waals surface area contributed by atoms with Gasteiger partial charge < -0.3 is 14.6 Å². The Morgan fingerprint density at radius 1 is 0.897 bits per heavy atom. The maximum atomic E-state index is 12.5. The molecular weight excluding hydrogens is 553 g/mol. The fourth-order valence-corrected chi connectivity index (χ4v) is 5.22. The molecule has 39 heavy (non-hydrogen) atoms. The fourth-order valence-electron chi connectivity index (χ4n) is 4.54. The van der Waals surface area contributed by atoms with Gasteiger partial charge in [0.2, 0.25) is 5.91 Å². The van der Waals surface area contributed by atoms with Crippen LogP contribution in [0.15, 0.2) is 83.3 Å². The number of anilines is 2. The van der Waals surface area contributed by atoms with Crippen LogP contribution in [0.25, 0.3) is 17.4 Å². The van der Waals surface area contributed by atoms with Gasteiger partial charge in [-0.15, -0.1) is 0 Å². The molecule has 1 amide bonds. The average Bonchev–Trinajstić information content (AvgIpc) is 3.40. The second kappa shape index (κ2) is 12.3. The number of benzene rings is 3. The molecule has 1 aliphatic rings. The van der Waals surface area contributed by atoms with Crippen LogP contribution in [0.2, 0.25) is 15.1 Å². The Hall–Kier alpha value is -3.22. The van der Waals surface area contributed by atoms with E-state index in [0.29, 0.717) is 27.3 Å². The lowest BCUT2D eigenvalue weighted by Gasteiger charge is -2.36. The monoisotopic (exact) mass is 579 g/mol. The minimum absolute atomic E-state index is 0.275. The van der Waals surface area contributed by atoms with Crippen molar-refractivity contribution in [2.75, 3.05) is 36.4 Å². The van der Waals surface area contributed by atoms with Crippen molar-refractivity contribution < 1.29 is 9.21 Å². The molecule has 5 rings (SSSR count). The molecule has 0 atom stereocenters. The van der Waals surface area contributed by atoms with Gasteiger partial charge in [0.05, 0.1) is 10.7 Å².